The number of Topliss-reactive ketones (excluding diaryl/α,β-unsaturated/α-hetero) is 1. The van der Waals surface area contributed by atoms with Crippen LogP contribution in [0.5, 0.6) is 0 Å². The van der Waals surface area contributed by atoms with Gasteiger partial charge >= 0.3 is 0 Å². The smallest absolute Gasteiger partial charge is 0.246 e. The monoisotopic (exact) mass is 1280 g/mol. The average Bonchev–Trinajstić information content (AvgIpc) is 2.80. The summed E-state index contributed by atoms with van der Waals surface area (Å²) in [6.45, 7) is 6.27. The van der Waals surface area contributed by atoms with Gasteiger partial charge in [-0.2, -0.15) is 0 Å². The van der Waals surface area contributed by atoms with Crippen LogP contribution in [-0.4, -0.2) is 189 Å². The molecule has 1 aliphatic rings. The molecule has 5 unspecified atom stereocenters. The fraction of sp³-hybridized carbons (Fsp3) is 0.763. The Hall–Kier alpha value is -7.38. The molecule has 0 aromatic heterocycles. The van der Waals surface area contributed by atoms with E-state index in [2.05, 4.69) is 67.0 Å². The fourth-order valence-electron chi connectivity index (χ4n) is 9.57. The normalized spacial score (nSPS) is 23.4. The minimum atomic E-state index is -2.15. The van der Waals surface area contributed by atoms with E-state index in [4.69, 9.17) is 17.2 Å². The number of hydrogen-bond donors (Lipinski definition) is 17. The van der Waals surface area contributed by atoms with Gasteiger partial charge in [0.05, 0.1) is 37.7 Å². The van der Waals surface area contributed by atoms with Crippen LogP contribution in [0.2, 0.25) is 0 Å². The number of nitrogens with one attached hydrogen (secondary N) is 10. The number of unbranched alkanes of at least 4 members (excludes halogenated alkanes) is 13. The minimum Gasteiger partial charge on any atom is -0.393 e. The van der Waals surface area contributed by atoms with Crippen LogP contribution in [0.4, 0.5) is 0 Å². The number of amides is 13. The number of carbonyl (C=O) groups excluding carboxylic acids is 14. The maximum atomic E-state index is 14.1. The molecule has 0 aromatic carbocycles. The van der Waals surface area contributed by atoms with Gasteiger partial charge in [0, 0.05) is 32.2 Å². The molecule has 1 rings (SSSR count). The van der Waals surface area contributed by atoms with Crippen molar-refractivity contribution >= 4 is 82.6 Å². The zero-order valence-electron chi connectivity index (χ0n) is 53.0. The van der Waals surface area contributed by atoms with Crippen molar-refractivity contribution < 1.29 is 87.5 Å². The number of hydrogen-bond acceptors (Lipinski definition) is 18. The molecule has 1 heterocycles. The summed E-state index contributed by atoms with van der Waals surface area (Å²) in [6.07, 6.45) is 4.56. The van der Waals surface area contributed by atoms with Gasteiger partial charge in [-0.3, -0.25) is 67.1 Å². The first-order valence-corrected chi connectivity index (χ1v) is 31.6. The number of rotatable bonds is 33. The van der Waals surface area contributed by atoms with Crippen molar-refractivity contribution in [3.05, 3.63) is 0 Å². The van der Waals surface area contributed by atoms with Crippen LogP contribution in [0.1, 0.15) is 202 Å². The molecule has 0 saturated carbocycles. The zero-order chi connectivity index (χ0) is 67.9. The maximum Gasteiger partial charge on any atom is 0.246 e. The predicted molar refractivity (Wildman–Crippen MR) is 326 cm³/mol. The second kappa shape index (κ2) is 45.0. The summed E-state index contributed by atoms with van der Waals surface area (Å²) in [5.41, 5.74) is 16.1. The van der Waals surface area contributed by atoms with Crippen molar-refractivity contribution in [3.8, 4) is 0 Å². The molecule has 1 fully saturated rings. The van der Waals surface area contributed by atoms with Crippen LogP contribution in [-0.2, 0) is 67.1 Å². The van der Waals surface area contributed by atoms with Gasteiger partial charge in [-0.15, -0.1) is 0 Å². The first kappa shape index (κ1) is 80.6. The van der Waals surface area contributed by atoms with E-state index >= 15 is 0 Å². The van der Waals surface area contributed by atoms with Crippen molar-refractivity contribution in [2.45, 2.75) is 274 Å². The summed E-state index contributed by atoms with van der Waals surface area (Å²) in [5.74, 6) is -14.8. The Morgan fingerprint density at radius 2 is 0.889 bits per heavy atom. The van der Waals surface area contributed by atoms with Gasteiger partial charge in [-0.05, 0) is 59.3 Å². The van der Waals surface area contributed by atoms with Crippen LogP contribution >= 0.6 is 0 Å². The Labute approximate surface area is 526 Å². The number of aliphatic hydroxyl groups is 4. The molecular formula is C59H103N13O18. The third kappa shape index (κ3) is 34.6. The van der Waals surface area contributed by atoms with Crippen molar-refractivity contribution in [1.82, 2.24) is 53.2 Å². The molecule has 90 heavy (non-hydrogen) atoms. The van der Waals surface area contributed by atoms with Crippen LogP contribution in [0.15, 0.2) is 0 Å². The molecule has 512 valence electrons. The summed E-state index contributed by atoms with van der Waals surface area (Å²) in [6, 6.07) is -14.4. The van der Waals surface area contributed by atoms with Crippen LogP contribution in [0.3, 0.4) is 0 Å². The first-order chi connectivity index (χ1) is 42.5. The van der Waals surface area contributed by atoms with E-state index < -0.39 is 182 Å². The SMILES string of the molecule is CCCCCCCCCC(O)CCC1NC(=O)[C@H]([C@@H](C)O)NC(=O)[C@@H]([C@@H](C)O)NC(=O)C(CC(O)C(N)=O)NC(=O)[C@@H](C)NC(=O)[C@H](CC(N)=O)NC(=O)[C@@H](CC(N)=O)NC(=O)C(CCCCCCCC(=O)CCCCCC)NC(=O)CCNC(=O)CNC1=O. The van der Waals surface area contributed by atoms with Gasteiger partial charge in [0.15, 0.2) is 0 Å². The number of primary amides is 3. The molecular weight excluding hydrogens is 1180 g/mol. The fourth-order valence-corrected chi connectivity index (χ4v) is 9.57. The van der Waals surface area contributed by atoms with E-state index in [0.717, 1.165) is 85.0 Å². The lowest BCUT2D eigenvalue weighted by Crippen LogP contribution is -2.63. The first-order valence-electron chi connectivity index (χ1n) is 31.6. The summed E-state index contributed by atoms with van der Waals surface area (Å²) in [7, 11) is 0. The van der Waals surface area contributed by atoms with Gasteiger partial charge < -0.3 is 90.8 Å². The molecule has 0 spiro atoms. The Morgan fingerprint density at radius 1 is 0.456 bits per heavy atom. The highest BCUT2D eigenvalue weighted by molar-refractivity contribution is 6.00. The molecule has 1 saturated heterocycles. The third-order valence-corrected chi connectivity index (χ3v) is 14.9. The largest absolute Gasteiger partial charge is 0.393 e. The zero-order valence-corrected chi connectivity index (χ0v) is 53.0. The highest BCUT2D eigenvalue weighted by Crippen LogP contribution is 2.16. The molecule has 20 N–H and O–H groups in total. The van der Waals surface area contributed by atoms with E-state index in [1.807, 2.05) is 0 Å². The van der Waals surface area contributed by atoms with Gasteiger partial charge in [0.25, 0.3) is 0 Å². The van der Waals surface area contributed by atoms with Gasteiger partial charge in [-0.25, -0.2) is 0 Å². The summed E-state index contributed by atoms with van der Waals surface area (Å²) < 4.78 is 0. The molecule has 1 aliphatic heterocycles. The molecule has 31 heteroatoms. The maximum absolute atomic E-state index is 14.1. The lowest BCUT2D eigenvalue weighted by molar-refractivity contribution is -0.139. The number of ketones is 1. The second-order valence-electron chi connectivity index (χ2n) is 23.2. The topological polar surface area (TPSA) is 518 Å². The Balaban J connectivity index is 3.79. The van der Waals surface area contributed by atoms with Crippen molar-refractivity contribution in [3.63, 3.8) is 0 Å². The van der Waals surface area contributed by atoms with Crippen LogP contribution in [0.25, 0.3) is 0 Å². The lowest BCUT2D eigenvalue weighted by Gasteiger charge is -2.29. The van der Waals surface area contributed by atoms with Crippen LogP contribution < -0.4 is 70.4 Å². The van der Waals surface area contributed by atoms with Crippen molar-refractivity contribution in [1.29, 1.82) is 0 Å². The lowest BCUT2D eigenvalue weighted by atomic mass is 10.0. The van der Waals surface area contributed by atoms with Crippen molar-refractivity contribution in [2.24, 2.45) is 17.2 Å². The number of nitrogens with two attached hydrogens (primary N) is 3. The summed E-state index contributed by atoms with van der Waals surface area (Å²) >= 11 is 0. The highest BCUT2D eigenvalue weighted by Gasteiger charge is 2.38. The summed E-state index contributed by atoms with van der Waals surface area (Å²) in [4.78, 5) is 187. The standard InChI is InChI=1S/C59H103N13O18/c1-6-8-10-12-13-15-20-24-38(76)26-27-40-53(84)64-33-48(81)63-29-28-47(80)66-39(25-21-17-14-16-19-23-37(75)22-18-11-9-7-2)54(85)69-43(32-46(61)79)56(87)70-42(31-45(60)78)55(86)65-34(3)52(83)68-41(30-44(77)51(62)82)57(88)71-50(36(5)74)59(90)72-49(35(4)73)58(89)67-40/h34-36,38-44,49-50,73-74,76-77H,6-33H2,1-5H3,(H2,60,78)(H2,61,79)(H2,62,82)(H,63,81)(H,64,84)(H,65,86)(H,66,80)(H,67,89)(H,68,83)(H,69,85)(H,70,87)(H,71,88)(H,72,90)/t34-,35-,36-,38?,39?,40?,41?,42+,43-,44?,49+,50-/m1/s1. The second-order valence-corrected chi connectivity index (χ2v) is 23.2. The van der Waals surface area contributed by atoms with E-state index in [1.54, 1.807) is 0 Å². The summed E-state index contributed by atoms with van der Waals surface area (Å²) in [5, 5.41) is 66.0. The van der Waals surface area contributed by atoms with Gasteiger partial charge in [0.2, 0.25) is 76.8 Å². The Morgan fingerprint density at radius 3 is 1.42 bits per heavy atom. The number of aliphatic hydroxyl groups excluding tert-OH is 4. The molecule has 0 bridgehead atoms. The molecule has 12 atom stereocenters. The van der Waals surface area contributed by atoms with E-state index in [-0.39, 0.29) is 31.6 Å². The van der Waals surface area contributed by atoms with Gasteiger partial charge in [0.1, 0.15) is 60.2 Å². The van der Waals surface area contributed by atoms with E-state index in [9.17, 15) is 87.5 Å². The quantitative estimate of drug-likeness (QED) is 0.0288. The molecule has 0 aromatic rings. The van der Waals surface area contributed by atoms with E-state index in [1.165, 1.54) is 0 Å². The van der Waals surface area contributed by atoms with Crippen LogP contribution in [0, 0.1) is 0 Å². The molecule has 13 amide bonds. The average molecular weight is 1280 g/mol. The van der Waals surface area contributed by atoms with E-state index in [0.29, 0.717) is 57.8 Å². The number of carbonyl (C=O) groups is 14. The predicted octanol–water partition coefficient (Wildman–Crippen LogP) is -3.18. The molecule has 0 aliphatic carbocycles. The highest BCUT2D eigenvalue weighted by atomic mass is 16.3. The Kier molecular flexibility index (Phi) is 40.3. The molecule has 0 radical (unpaired) electrons. The van der Waals surface area contributed by atoms with Crippen molar-refractivity contribution in [2.75, 3.05) is 13.1 Å². The Bertz CT molecular complexity index is 2360. The minimum absolute atomic E-state index is 0.0345. The molecule has 31 nitrogen and oxygen atoms in total. The third-order valence-electron chi connectivity index (χ3n) is 14.9. The van der Waals surface area contributed by atoms with Gasteiger partial charge in [-0.1, -0.05) is 104 Å².